The molecule has 0 bridgehead atoms. The second-order valence-corrected chi connectivity index (χ2v) is 16.6. The van der Waals surface area contributed by atoms with E-state index in [1.807, 2.05) is 0 Å². The summed E-state index contributed by atoms with van der Waals surface area (Å²) in [5, 5.41) is 53.6. The quantitative estimate of drug-likeness (QED) is 0.0343. The number of amides is 8. The van der Waals surface area contributed by atoms with E-state index in [-0.39, 0.29) is 57.7 Å². The lowest BCUT2D eigenvalue weighted by molar-refractivity contribution is -0.150. The fourth-order valence-corrected chi connectivity index (χ4v) is 7.52. The summed E-state index contributed by atoms with van der Waals surface area (Å²) in [5.41, 5.74) is 11.3. The second-order valence-electron chi connectivity index (χ2n) is 15.6. The lowest BCUT2D eigenvalue weighted by Crippen LogP contribution is -2.60. The minimum Gasteiger partial charge on any atom is -0.480 e. The molecule has 0 aromatic carbocycles. The topological polar surface area (TPSA) is 365 Å². The van der Waals surface area contributed by atoms with Crippen LogP contribution in [-0.2, 0) is 43.2 Å². The van der Waals surface area contributed by atoms with Gasteiger partial charge in [-0.2, -0.15) is 11.8 Å². The van der Waals surface area contributed by atoms with Gasteiger partial charge in [-0.25, -0.2) is 4.79 Å². The molecule has 2 saturated heterocycles. The molecule has 0 saturated carbocycles. The predicted octanol–water partition coefficient (Wildman–Crippen LogP) is -5.17. The number of carboxylic acid groups (broad SMARTS) is 1. The molecule has 0 aliphatic carbocycles. The molecular formula is C38H66N10O13S. The number of rotatable bonds is 27. The molecule has 14 N–H and O–H groups in total. The number of nitrogens with zero attached hydrogens (tertiary/aromatic N) is 2. The van der Waals surface area contributed by atoms with Gasteiger partial charge in [-0.15, -0.1) is 0 Å². The Morgan fingerprint density at radius 3 is 1.77 bits per heavy atom. The first-order chi connectivity index (χ1) is 29.4. The van der Waals surface area contributed by atoms with Crippen LogP contribution in [0, 0.1) is 5.92 Å². The summed E-state index contributed by atoms with van der Waals surface area (Å²) in [4.78, 5) is 120. The van der Waals surface area contributed by atoms with Crippen molar-refractivity contribution in [2.24, 2.45) is 17.4 Å². The van der Waals surface area contributed by atoms with E-state index in [0.29, 0.717) is 31.4 Å². The standard InChI is InChI=1S/C38H66N10O13S/c1-21(2)16-25(34(56)43-24(11-15-62-3)33(55)46-27(20-51)37(59)48-14-7-10-29(48)38(60)61)44-32(54)23(8-4-5-12-39)42-30(52)17-41-31(53)26(19-50)45-35(57)28-9-6-13-47(28)36(58)22(40)18-49/h21-29,49-51H,4-20,39-40H2,1-3H3,(H,41,53)(H,42,52)(H,43,56)(H,44,54)(H,45,57)(H,46,55)(H,60,61)/t22-,23-,24-,25-,26-,27-,28-,29-/m0/s1. The van der Waals surface area contributed by atoms with Crippen molar-refractivity contribution in [2.75, 3.05) is 58.0 Å². The van der Waals surface area contributed by atoms with Crippen LogP contribution in [0.3, 0.4) is 0 Å². The molecular weight excluding hydrogens is 837 g/mol. The maximum Gasteiger partial charge on any atom is 0.326 e. The maximum atomic E-state index is 13.8. The van der Waals surface area contributed by atoms with Crippen LogP contribution in [-0.4, -0.2) is 190 Å². The third-order valence-corrected chi connectivity index (χ3v) is 11.0. The molecule has 24 heteroatoms. The van der Waals surface area contributed by atoms with Gasteiger partial charge in [0.25, 0.3) is 0 Å². The lowest BCUT2D eigenvalue weighted by Gasteiger charge is -2.29. The number of nitrogens with one attached hydrogen (secondary N) is 6. The Bertz CT molecular complexity index is 1560. The SMILES string of the molecule is CSCC[C@H](NC(=O)[C@H](CC(C)C)NC(=O)[C@H](CCCCN)NC(=O)CNC(=O)[C@H](CO)NC(=O)[C@@H]1CCCN1C(=O)[C@@H](N)CO)C(=O)N[C@@H](CO)C(=O)N1CCC[C@H]1C(=O)O. The number of carboxylic acids is 1. The normalized spacial score (nSPS) is 19.0. The van der Waals surface area contributed by atoms with Gasteiger partial charge >= 0.3 is 5.97 Å². The molecule has 8 atom stereocenters. The molecule has 62 heavy (non-hydrogen) atoms. The van der Waals surface area contributed by atoms with Crippen molar-refractivity contribution in [1.29, 1.82) is 0 Å². The van der Waals surface area contributed by atoms with Crippen molar-refractivity contribution in [3.8, 4) is 0 Å². The van der Waals surface area contributed by atoms with Crippen molar-refractivity contribution in [1.82, 2.24) is 41.7 Å². The van der Waals surface area contributed by atoms with E-state index in [1.54, 1.807) is 20.1 Å². The molecule has 0 unspecified atom stereocenters. The minimum atomic E-state index is -1.51. The van der Waals surface area contributed by atoms with Crippen molar-refractivity contribution in [2.45, 2.75) is 120 Å². The van der Waals surface area contributed by atoms with E-state index >= 15 is 0 Å². The predicted molar refractivity (Wildman–Crippen MR) is 224 cm³/mol. The summed E-state index contributed by atoms with van der Waals surface area (Å²) in [6.07, 6.45) is 4.30. The third-order valence-electron chi connectivity index (χ3n) is 10.4. The van der Waals surface area contributed by atoms with E-state index in [4.69, 9.17) is 11.5 Å². The fourth-order valence-electron chi connectivity index (χ4n) is 7.05. The van der Waals surface area contributed by atoms with Gasteiger partial charge in [0.15, 0.2) is 0 Å². The van der Waals surface area contributed by atoms with Crippen molar-refractivity contribution >= 4 is 65.0 Å². The third kappa shape index (κ3) is 16.6. The minimum absolute atomic E-state index is 0.0830. The Hall–Kier alpha value is -4.62. The summed E-state index contributed by atoms with van der Waals surface area (Å²) in [6, 6.07) is -9.97. The summed E-state index contributed by atoms with van der Waals surface area (Å²) in [6.45, 7) is 1.22. The molecule has 2 heterocycles. The summed E-state index contributed by atoms with van der Waals surface area (Å²) < 4.78 is 0. The van der Waals surface area contributed by atoms with Crippen LogP contribution >= 0.6 is 11.8 Å². The Labute approximate surface area is 364 Å². The van der Waals surface area contributed by atoms with Gasteiger partial charge in [0.05, 0.1) is 26.4 Å². The summed E-state index contributed by atoms with van der Waals surface area (Å²) in [7, 11) is 0. The zero-order valence-electron chi connectivity index (χ0n) is 35.6. The monoisotopic (exact) mass is 902 g/mol. The zero-order valence-corrected chi connectivity index (χ0v) is 36.5. The Morgan fingerprint density at radius 1 is 0.677 bits per heavy atom. The fraction of sp³-hybridized carbons (Fsp3) is 0.763. The first kappa shape index (κ1) is 53.5. The number of carbonyl (C=O) groups is 9. The second kappa shape index (κ2) is 27.4. The largest absolute Gasteiger partial charge is 0.480 e. The average Bonchev–Trinajstić information content (AvgIpc) is 3.95. The van der Waals surface area contributed by atoms with E-state index in [2.05, 4.69) is 31.9 Å². The van der Waals surface area contributed by atoms with E-state index in [9.17, 15) is 63.6 Å². The average molecular weight is 903 g/mol. The van der Waals surface area contributed by atoms with Crippen molar-refractivity contribution < 1.29 is 63.6 Å². The first-order valence-electron chi connectivity index (χ1n) is 20.8. The highest BCUT2D eigenvalue weighted by molar-refractivity contribution is 7.98. The van der Waals surface area contributed by atoms with Gasteiger partial charge in [-0.1, -0.05) is 13.8 Å². The highest BCUT2D eigenvalue weighted by Gasteiger charge is 2.40. The van der Waals surface area contributed by atoms with Crippen molar-refractivity contribution in [3.63, 3.8) is 0 Å². The first-order valence-corrected chi connectivity index (χ1v) is 22.2. The van der Waals surface area contributed by atoms with Crippen LogP contribution in [0.25, 0.3) is 0 Å². The van der Waals surface area contributed by atoms with Crippen LogP contribution in [0.2, 0.25) is 0 Å². The number of aliphatic hydroxyl groups is 3. The molecule has 0 radical (unpaired) electrons. The molecule has 2 aliphatic heterocycles. The van der Waals surface area contributed by atoms with Crippen molar-refractivity contribution in [3.05, 3.63) is 0 Å². The Kier molecular flexibility index (Phi) is 23.7. The van der Waals surface area contributed by atoms with Gasteiger partial charge in [0.1, 0.15) is 48.3 Å². The number of nitrogens with two attached hydrogens (primary N) is 2. The molecule has 352 valence electrons. The van der Waals surface area contributed by atoms with Crippen LogP contribution in [0.15, 0.2) is 0 Å². The van der Waals surface area contributed by atoms with Gasteiger partial charge in [-0.05, 0) is 82.3 Å². The van der Waals surface area contributed by atoms with E-state index in [0.717, 1.165) is 4.90 Å². The van der Waals surface area contributed by atoms with Gasteiger partial charge in [0.2, 0.25) is 47.3 Å². The number of carbonyl (C=O) groups excluding carboxylic acids is 8. The molecule has 2 fully saturated rings. The van der Waals surface area contributed by atoms with Gasteiger partial charge < -0.3 is 73.6 Å². The highest BCUT2D eigenvalue weighted by atomic mass is 32.2. The Morgan fingerprint density at radius 2 is 1.23 bits per heavy atom. The Balaban J connectivity index is 2.13. The van der Waals surface area contributed by atoms with Crippen LogP contribution in [0.4, 0.5) is 0 Å². The summed E-state index contributed by atoms with van der Waals surface area (Å²) >= 11 is 1.38. The molecule has 23 nitrogen and oxygen atoms in total. The number of likely N-dealkylation sites (tertiary alicyclic amines) is 2. The number of unbranched alkanes of at least 4 members (excludes halogenated alkanes) is 1. The zero-order chi connectivity index (χ0) is 46.5. The number of hydrogen-bond acceptors (Lipinski definition) is 15. The molecule has 2 aliphatic rings. The smallest absolute Gasteiger partial charge is 0.326 e. The van der Waals surface area contributed by atoms with Gasteiger partial charge in [-0.3, -0.25) is 38.4 Å². The van der Waals surface area contributed by atoms with E-state index in [1.165, 1.54) is 16.7 Å². The number of aliphatic hydroxyl groups excluding tert-OH is 3. The van der Waals surface area contributed by atoms with Crippen LogP contribution in [0.1, 0.15) is 71.6 Å². The molecule has 0 aromatic heterocycles. The molecule has 0 spiro atoms. The number of aliphatic carboxylic acids is 1. The van der Waals surface area contributed by atoms with Gasteiger partial charge in [0, 0.05) is 13.1 Å². The van der Waals surface area contributed by atoms with Crippen LogP contribution in [0.5, 0.6) is 0 Å². The molecule has 0 aromatic rings. The van der Waals surface area contributed by atoms with E-state index < -0.39 is 128 Å². The lowest BCUT2D eigenvalue weighted by atomic mass is 10.0. The van der Waals surface area contributed by atoms with Crippen LogP contribution < -0.4 is 43.4 Å². The summed E-state index contributed by atoms with van der Waals surface area (Å²) in [5.74, 6) is -7.22. The maximum absolute atomic E-state index is 13.8. The molecule has 2 rings (SSSR count). The molecule has 8 amide bonds. The number of hydrogen-bond donors (Lipinski definition) is 12. The number of thioether (sulfide) groups is 1. The highest BCUT2D eigenvalue weighted by Crippen LogP contribution is 2.20.